The van der Waals surface area contributed by atoms with Crippen LogP contribution in [0.2, 0.25) is 0 Å². The lowest BCUT2D eigenvalue weighted by Crippen LogP contribution is -1.98. The first-order chi connectivity index (χ1) is 9.76. The fourth-order valence-corrected chi connectivity index (χ4v) is 2.55. The van der Waals surface area contributed by atoms with Crippen molar-refractivity contribution in [3.05, 3.63) is 22.7 Å². The van der Waals surface area contributed by atoms with Gasteiger partial charge in [0.2, 0.25) is 11.0 Å². The summed E-state index contributed by atoms with van der Waals surface area (Å²) >= 11 is 4.66. The van der Waals surface area contributed by atoms with Gasteiger partial charge in [0.25, 0.3) is 5.89 Å². The van der Waals surface area contributed by atoms with E-state index in [4.69, 9.17) is 8.83 Å². The third kappa shape index (κ3) is 2.75. The molecule has 0 bridgehead atoms. The van der Waals surface area contributed by atoms with Crippen molar-refractivity contribution in [2.75, 3.05) is 0 Å². The highest BCUT2D eigenvalue weighted by Crippen LogP contribution is 2.25. The van der Waals surface area contributed by atoms with Crippen LogP contribution in [-0.2, 0) is 12.3 Å². The quantitative estimate of drug-likeness (QED) is 0.643. The molecule has 104 valence electrons. The highest BCUT2D eigenvalue weighted by molar-refractivity contribution is 9.10. The van der Waals surface area contributed by atoms with E-state index in [0.29, 0.717) is 39.7 Å². The van der Waals surface area contributed by atoms with Crippen molar-refractivity contribution in [3.63, 3.8) is 0 Å². The lowest BCUT2D eigenvalue weighted by molar-refractivity contribution is 0.486. The van der Waals surface area contributed by atoms with Gasteiger partial charge in [-0.1, -0.05) is 11.8 Å². The lowest BCUT2D eigenvalue weighted by Gasteiger charge is -1.97. The van der Waals surface area contributed by atoms with Crippen molar-refractivity contribution in [3.8, 4) is 11.7 Å². The topological polar surface area (TPSA) is 95.7 Å². The van der Waals surface area contributed by atoms with E-state index in [2.05, 4.69) is 41.7 Å². The van der Waals surface area contributed by atoms with E-state index < -0.39 is 0 Å². The first-order valence-electron chi connectivity index (χ1n) is 5.73. The Kier molecular flexibility index (Phi) is 3.83. The molecule has 0 aromatic carbocycles. The van der Waals surface area contributed by atoms with Crippen LogP contribution in [0.4, 0.5) is 0 Å². The predicted molar refractivity (Wildman–Crippen MR) is 72.8 cm³/mol. The van der Waals surface area contributed by atoms with E-state index in [1.807, 2.05) is 6.92 Å². The van der Waals surface area contributed by atoms with Crippen molar-refractivity contribution < 1.29 is 8.83 Å². The maximum atomic E-state index is 5.52. The standard InChI is InChI=1S/C10H9BrN6O2S/c1-2-17-10(14-15-16-17)20-5-8-12-13-9(19-8)6-3-4-7(11)18-6/h3-4H,2,5H2,1H3. The number of nitrogens with zero attached hydrogens (tertiary/aromatic N) is 6. The highest BCUT2D eigenvalue weighted by atomic mass is 79.9. The van der Waals surface area contributed by atoms with E-state index >= 15 is 0 Å². The fraction of sp³-hybridized carbons (Fsp3) is 0.300. The number of aryl methyl sites for hydroxylation is 1. The molecule has 0 fully saturated rings. The van der Waals surface area contributed by atoms with Crippen molar-refractivity contribution in [2.45, 2.75) is 24.4 Å². The number of rotatable bonds is 5. The van der Waals surface area contributed by atoms with Crippen LogP contribution in [0, 0.1) is 0 Å². The monoisotopic (exact) mass is 356 g/mol. The first-order valence-corrected chi connectivity index (χ1v) is 7.51. The summed E-state index contributed by atoms with van der Waals surface area (Å²) in [6.45, 7) is 2.69. The van der Waals surface area contributed by atoms with Gasteiger partial charge in [0, 0.05) is 6.54 Å². The Morgan fingerprint density at radius 1 is 1.25 bits per heavy atom. The molecule has 0 unspecified atom stereocenters. The third-order valence-electron chi connectivity index (χ3n) is 2.37. The third-order valence-corrected chi connectivity index (χ3v) is 3.74. The molecule has 0 aliphatic heterocycles. The second kappa shape index (κ2) is 5.75. The van der Waals surface area contributed by atoms with Crippen LogP contribution in [0.15, 0.2) is 30.8 Å². The molecule has 8 nitrogen and oxygen atoms in total. The summed E-state index contributed by atoms with van der Waals surface area (Å²) in [6, 6.07) is 3.52. The molecule has 10 heteroatoms. The average molecular weight is 357 g/mol. The average Bonchev–Trinajstić information content (AvgIpc) is 3.16. The number of thioether (sulfide) groups is 1. The summed E-state index contributed by atoms with van der Waals surface area (Å²) < 4.78 is 13.2. The van der Waals surface area contributed by atoms with Crippen LogP contribution in [0.3, 0.4) is 0 Å². The number of hydrogen-bond donors (Lipinski definition) is 0. The van der Waals surface area contributed by atoms with Gasteiger partial charge >= 0.3 is 0 Å². The van der Waals surface area contributed by atoms with Gasteiger partial charge in [-0.3, -0.25) is 0 Å². The van der Waals surface area contributed by atoms with Crippen LogP contribution in [0.5, 0.6) is 0 Å². The van der Waals surface area contributed by atoms with Crippen molar-refractivity contribution in [1.82, 2.24) is 30.4 Å². The Morgan fingerprint density at radius 3 is 2.90 bits per heavy atom. The van der Waals surface area contributed by atoms with E-state index in [0.717, 1.165) is 0 Å². The summed E-state index contributed by atoms with van der Waals surface area (Å²) in [5.74, 6) is 1.86. The molecule has 0 radical (unpaired) electrons. The molecule has 3 aromatic heterocycles. The van der Waals surface area contributed by atoms with E-state index in [1.54, 1.807) is 16.8 Å². The normalized spacial score (nSPS) is 11.1. The Hall–Kier alpha value is -1.68. The zero-order valence-electron chi connectivity index (χ0n) is 10.4. The van der Waals surface area contributed by atoms with Gasteiger partial charge in [0.05, 0.1) is 5.75 Å². The Morgan fingerprint density at radius 2 is 2.15 bits per heavy atom. The number of hydrogen-bond acceptors (Lipinski definition) is 8. The van der Waals surface area contributed by atoms with Crippen molar-refractivity contribution in [1.29, 1.82) is 0 Å². The summed E-state index contributed by atoms with van der Waals surface area (Å²) in [6.07, 6.45) is 0. The fourth-order valence-electron chi connectivity index (χ4n) is 1.47. The van der Waals surface area contributed by atoms with Crippen LogP contribution in [-0.4, -0.2) is 30.4 Å². The Balaban J connectivity index is 1.69. The molecule has 0 aliphatic carbocycles. The summed E-state index contributed by atoms with van der Waals surface area (Å²) in [5.41, 5.74) is 0. The summed E-state index contributed by atoms with van der Waals surface area (Å²) in [5, 5.41) is 20.0. The van der Waals surface area contributed by atoms with Gasteiger partial charge in [0.1, 0.15) is 0 Å². The minimum atomic E-state index is 0.349. The molecule has 0 spiro atoms. The molecule has 0 atom stereocenters. The molecule has 0 amide bonds. The van der Waals surface area contributed by atoms with Crippen molar-refractivity contribution >= 4 is 27.7 Å². The number of furan rings is 1. The van der Waals surface area contributed by atoms with Crippen molar-refractivity contribution in [2.24, 2.45) is 0 Å². The molecule has 0 N–H and O–H groups in total. The smallest absolute Gasteiger partial charge is 0.283 e. The molecule has 20 heavy (non-hydrogen) atoms. The molecule has 0 saturated carbocycles. The van der Waals surface area contributed by atoms with E-state index in [1.165, 1.54) is 11.8 Å². The molecular weight excluding hydrogens is 348 g/mol. The molecule has 0 aliphatic rings. The van der Waals surface area contributed by atoms with E-state index in [9.17, 15) is 0 Å². The summed E-state index contributed by atoms with van der Waals surface area (Å²) in [4.78, 5) is 0. The number of halogens is 1. The number of aromatic nitrogens is 6. The first kappa shape index (κ1) is 13.3. The van der Waals surface area contributed by atoms with Gasteiger partial charge in [-0.25, -0.2) is 4.68 Å². The van der Waals surface area contributed by atoms with Crippen LogP contribution in [0.1, 0.15) is 12.8 Å². The summed E-state index contributed by atoms with van der Waals surface area (Å²) in [7, 11) is 0. The molecule has 3 heterocycles. The second-order valence-corrected chi connectivity index (χ2v) is 5.39. The van der Waals surface area contributed by atoms with Gasteiger partial charge in [-0.15, -0.1) is 15.3 Å². The lowest BCUT2D eigenvalue weighted by atomic mass is 10.5. The van der Waals surface area contributed by atoms with Gasteiger partial charge in [-0.2, -0.15) is 0 Å². The van der Waals surface area contributed by atoms with Crippen LogP contribution >= 0.6 is 27.7 Å². The van der Waals surface area contributed by atoms with E-state index in [-0.39, 0.29) is 0 Å². The SMILES string of the molecule is CCn1nnnc1SCc1nnc(-c2ccc(Br)o2)o1. The Labute approximate surface area is 126 Å². The van der Waals surface area contributed by atoms with Crippen LogP contribution in [0.25, 0.3) is 11.7 Å². The zero-order valence-corrected chi connectivity index (χ0v) is 12.8. The molecule has 0 saturated heterocycles. The van der Waals surface area contributed by atoms with Crippen LogP contribution < -0.4 is 0 Å². The minimum Gasteiger partial charge on any atom is -0.444 e. The largest absolute Gasteiger partial charge is 0.444 e. The molecular formula is C10H9BrN6O2S. The maximum absolute atomic E-state index is 5.52. The molecule has 3 rings (SSSR count). The molecule has 3 aromatic rings. The van der Waals surface area contributed by atoms with Gasteiger partial charge in [0.15, 0.2) is 10.4 Å². The Bertz CT molecular complexity index is 708. The predicted octanol–water partition coefficient (Wildman–Crippen LogP) is 2.39. The highest BCUT2D eigenvalue weighted by Gasteiger charge is 2.13. The number of tetrazole rings is 1. The van der Waals surface area contributed by atoms with Gasteiger partial charge in [-0.05, 0) is 45.4 Å². The second-order valence-electron chi connectivity index (χ2n) is 3.67. The van der Waals surface area contributed by atoms with Gasteiger partial charge < -0.3 is 8.83 Å². The minimum absolute atomic E-state index is 0.349. The maximum Gasteiger partial charge on any atom is 0.283 e. The zero-order chi connectivity index (χ0) is 13.9.